The molecule has 0 fully saturated rings. The number of hydrogen-bond donors (Lipinski definition) is 1. The maximum absolute atomic E-state index is 12.1. The molecular weight excluding hydrogens is 218 g/mol. The number of carbonyl (C=O) groups excluding carboxylic acids is 1. The van der Waals surface area contributed by atoms with E-state index < -0.39 is 0 Å². The fourth-order valence-corrected chi connectivity index (χ4v) is 1.67. The van der Waals surface area contributed by atoms with E-state index in [2.05, 4.69) is 10.3 Å². The molecule has 0 radical (unpaired) electrons. The number of nitrogens with one attached hydrogen (secondary N) is 1. The van der Waals surface area contributed by atoms with Gasteiger partial charge in [0.05, 0.1) is 5.69 Å². The summed E-state index contributed by atoms with van der Waals surface area (Å²) in [6.45, 7) is 5.00. The van der Waals surface area contributed by atoms with Gasteiger partial charge in [0, 0.05) is 13.1 Å². The number of amides is 1. The molecule has 2 heterocycles. The second-order valence-corrected chi connectivity index (χ2v) is 3.99. The second kappa shape index (κ2) is 4.01. The zero-order valence-corrected chi connectivity index (χ0v) is 9.94. The zero-order valence-electron chi connectivity index (χ0n) is 9.94. The van der Waals surface area contributed by atoms with E-state index in [1.165, 1.54) is 11.3 Å². The minimum absolute atomic E-state index is 0.235. The number of hydrogen-bond acceptors (Lipinski definition) is 3. The molecule has 88 valence electrons. The lowest BCUT2D eigenvalue weighted by molar-refractivity contribution is -0.114. The number of aromatic nitrogens is 2. The van der Waals surface area contributed by atoms with Crippen LogP contribution in [0.4, 0.5) is 5.69 Å². The van der Waals surface area contributed by atoms with Gasteiger partial charge in [-0.1, -0.05) is 0 Å². The first kappa shape index (κ1) is 11.3. The predicted molar refractivity (Wildman–Crippen MR) is 65.2 cm³/mol. The summed E-state index contributed by atoms with van der Waals surface area (Å²) in [4.78, 5) is 27.4. The first-order valence-electron chi connectivity index (χ1n) is 5.26. The number of pyridine rings is 1. The minimum atomic E-state index is -0.279. The van der Waals surface area contributed by atoms with Crippen LogP contribution in [-0.2, 0) is 4.79 Å². The van der Waals surface area contributed by atoms with Crippen LogP contribution in [0.3, 0.4) is 0 Å². The Morgan fingerprint density at radius 3 is 2.76 bits per heavy atom. The highest BCUT2D eigenvalue weighted by atomic mass is 16.2. The van der Waals surface area contributed by atoms with Gasteiger partial charge in [-0.3, -0.25) is 14.0 Å². The summed E-state index contributed by atoms with van der Waals surface area (Å²) >= 11 is 0. The van der Waals surface area contributed by atoms with Gasteiger partial charge in [0.2, 0.25) is 5.91 Å². The third kappa shape index (κ3) is 2.04. The van der Waals surface area contributed by atoms with E-state index in [1.807, 2.05) is 19.1 Å². The Bertz CT molecular complexity index is 659. The van der Waals surface area contributed by atoms with E-state index in [4.69, 9.17) is 0 Å². The summed E-state index contributed by atoms with van der Waals surface area (Å²) in [5, 5.41) is 2.51. The Kier molecular flexibility index (Phi) is 2.67. The van der Waals surface area contributed by atoms with Crippen LogP contribution in [0.5, 0.6) is 0 Å². The molecule has 0 aliphatic rings. The van der Waals surface area contributed by atoms with Gasteiger partial charge in [-0.05, 0) is 31.5 Å². The van der Waals surface area contributed by atoms with Gasteiger partial charge in [-0.15, -0.1) is 0 Å². The first-order valence-corrected chi connectivity index (χ1v) is 5.26. The molecule has 0 aliphatic carbocycles. The molecule has 1 N–H and O–H groups in total. The van der Waals surface area contributed by atoms with Crippen LogP contribution in [-0.4, -0.2) is 15.3 Å². The number of carbonyl (C=O) groups is 1. The molecular formula is C12H13N3O2. The van der Waals surface area contributed by atoms with Crippen LogP contribution in [0.1, 0.15) is 18.2 Å². The van der Waals surface area contributed by atoms with Crippen molar-refractivity contribution in [3.05, 3.63) is 39.9 Å². The second-order valence-electron chi connectivity index (χ2n) is 3.99. The zero-order chi connectivity index (χ0) is 12.6. The SMILES string of the molecule is CC(=O)Nc1c(C)nc2cc(C)ccn2c1=O. The first-order chi connectivity index (χ1) is 7.99. The lowest BCUT2D eigenvalue weighted by Crippen LogP contribution is -2.23. The smallest absolute Gasteiger partial charge is 0.281 e. The van der Waals surface area contributed by atoms with E-state index >= 15 is 0 Å². The number of anilines is 1. The molecule has 0 bridgehead atoms. The Morgan fingerprint density at radius 2 is 2.12 bits per heavy atom. The van der Waals surface area contributed by atoms with Crippen LogP contribution in [0.2, 0.25) is 0 Å². The van der Waals surface area contributed by atoms with Crippen molar-refractivity contribution >= 4 is 17.2 Å². The topological polar surface area (TPSA) is 63.5 Å². The lowest BCUT2D eigenvalue weighted by Gasteiger charge is -2.08. The van der Waals surface area contributed by atoms with Crippen LogP contribution < -0.4 is 10.9 Å². The summed E-state index contributed by atoms with van der Waals surface area (Å²) in [6, 6.07) is 3.65. The van der Waals surface area contributed by atoms with Gasteiger partial charge in [0.25, 0.3) is 5.56 Å². The van der Waals surface area contributed by atoms with E-state index in [1.54, 1.807) is 13.1 Å². The van der Waals surface area contributed by atoms with Crippen molar-refractivity contribution < 1.29 is 4.79 Å². The molecule has 0 saturated carbocycles. The quantitative estimate of drug-likeness (QED) is 0.803. The molecule has 0 spiro atoms. The summed E-state index contributed by atoms with van der Waals surface area (Å²) in [7, 11) is 0. The normalized spacial score (nSPS) is 10.5. The highest BCUT2D eigenvalue weighted by Crippen LogP contribution is 2.09. The number of fused-ring (bicyclic) bond motifs is 1. The fraction of sp³-hybridized carbons (Fsp3) is 0.250. The molecule has 2 rings (SSSR count). The Morgan fingerprint density at radius 1 is 1.41 bits per heavy atom. The summed E-state index contributed by atoms with van der Waals surface area (Å²) in [5.74, 6) is -0.279. The van der Waals surface area contributed by atoms with Crippen LogP contribution >= 0.6 is 0 Å². The Labute approximate surface area is 98.1 Å². The van der Waals surface area contributed by atoms with Gasteiger partial charge in [-0.2, -0.15) is 0 Å². The van der Waals surface area contributed by atoms with E-state index in [-0.39, 0.29) is 17.2 Å². The summed E-state index contributed by atoms with van der Waals surface area (Å²) in [5.41, 5.74) is 2.11. The van der Waals surface area contributed by atoms with Crippen LogP contribution in [0, 0.1) is 13.8 Å². The summed E-state index contributed by atoms with van der Waals surface area (Å²) in [6.07, 6.45) is 1.66. The Hall–Kier alpha value is -2.17. The molecule has 0 saturated heterocycles. The molecule has 1 amide bonds. The van der Waals surface area contributed by atoms with Crippen LogP contribution in [0.25, 0.3) is 5.65 Å². The monoisotopic (exact) mass is 231 g/mol. The lowest BCUT2D eigenvalue weighted by atomic mass is 10.3. The maximum atomic E-state index is 12.1. The standard InChI is InChI=1S/C12H13N3O2/c1-7-4-5-15-10(6-7)13-8(2)11(12(15)17)14-9(3)16/h4-6H,1-3H3,(H,14,16). The number of aryl methyl sites for hydroxylation is 2. The largest absolute Gasteiger partial charge is 0.320 e. The van der Waals surface area contributed by atoms with Crippen molar-refractivity contribution in [1.29, 1.82) is 0 Å². The molecule has 0 aliphatic heterocycles. The average molecular weight is 231 g/mol. The molecule has 5 nitrogen and oxygen atoms in total. The van der Waals surface area contributed by atoms with Crippen molar-refractivity contribution in [3.8, 4) is 0 Å². The van der Waals surface area contributed by atoms with Crippen molar-refractivity contribution in [1.82, 2.24) is 9.38 Å². The van der Waals surface area contributed by atoms with Gasteiger partial charge in [-0.25, -0.2) is 4.98 Å². The molecule has 2 aromatic rings. The minimum Gasteiger partial charge on any atom is -0.320 e. The van der Waals surface area contributed by atoms with Crippen molar-refractivity contribution in [3.63, 3.8) is 0 Å². The molecule has 0 aromatic carbocycles. The van der Waals surface area contributed by atoms with Gasteiger partial charge >= 0.3 is 0 Å². The highest BCUT2D eigenvalue weighted by Gasteiger charge is 2.10. The van der Waals surface area contributed by atoms with Crippen molar-refractivity contribution in [2.75, 3.05) is 5.32 Å². The van der Waals surface area contributed by atoms with Gasteiger partial charge in [0.15, 0.2) is 0 Å². The van der Waals surface area contributed by atoms with Crippen LogP contribution in [0.15, 0.2) is 23.1 Å². The molecule has 0 atom stereocenters. The number of nitrogens with zero attached hydrogens (tertiary/aromatic N) is 2. The fourth-order valence-electron chi connectivity index (χ4n) is 1.67. The van der Waals surface area contributed by atoms with Crippen molar-refractivity contribution in [2.24, 2.45) is 0 Å². The summed E-state index contributed by atoms with van der Waals surface area (Å²) < 4.78 is 1.42. The third-order valence-electron chi connectivity index (χ3n) is 2.47. The molecule has 5 heteroatoms. The average Bonchev–Trinajstić information content (AvgIpc) is 2.23. The highest BCUT2D eigenvalue weighted by molar-refractivity contribution is 5.89. The van der Waals surface area contributed by atoms with Crippen molar-refractivity contribution in [2.45, 2.75) is 20.8 Å². The van der Waals surface area contributed by atoms with E-state index in [9.17, 15) is 9.59 Å². The molecule has 17 heavy (non-hydrogen) atoms. The Balaban J connectivity index is 2.76. The van der Waals surface area contributed by atoms with E-state index in [0.717, 1.165) is 5.56 Å². The maximum Gasteiger partial charge on any atom is 0.281 e. The third-order valence-corrected chi connectivity index (χ3v) is 2.47. The number of rotatable bonds is 1. The van der Waals surface area contributed by atoms with Gasteiger partial charge in [0.1, 0.15) is 11.3 Å². The van der Waals surface area contributed by atoms with E-state index in [0.29, 0.717) is 11.3 Å². The predicted octanol–water partition coefficient (Wildman–Crippen LogP) is 1.27. The molecule has 0 unspecified atom stereocenters. The molecule has 2 aromatic heterocycles. The van der Waals surface area contributed by atoms with Gasteiger partial charge < -0.3 is 5.32 Å².